The van der Waals surface area contributed by atoms with Crippen LogP contribution in [0.25, 0.3) is 0 Å². The second-order valence-electron chi connectivity index (χ2n) is 6.69. The van der Waals surface area contributed by atoms with Gasteiger partial charge in [0.25, 0.3) is 0 Å². The predicted octanol–water partition coefficient (Wildman–Crippen LogP) is 1.82. The van der Waals surface area contributed by atoms with E-state index in [9.17, 15) is 0 Å². The van der Waals surface area contributed by atoms with Crippen molar-refractivity contribution in [1.82, 2.24) is 15.1 Å². The Hall–Kier alpha value is -0.900. The fourth-order valence-corrected chi connectivity index (χ4v) is 3.83. The summed E-state index contributed by atoms with van der Waals surface area (Å²) in [5.74, 6) is 0. The Kier molecular flexibility index (Phi) is 4.63. The standard InChI is InChI=1S/C18H29N3/c1-4-19-17(12-16-6-5-14(2)15(3)11-16)18-13-20-7-9-21(18)10-8-20/h5-6,11,17-19H,4,7-10,12-13H2,1-3H3. The maximum absolute atomic E-state index is 3.75. The van der Waals surface area contributed by atoms with Crippen molar-refractivity contribution < 1.29 is 0 Å². The molecule has 1 N–H and O–H groups in total. The van der Waals surface area contributed by atoms with E-state index in [0.29, 0.717) is 12.1 Å². The topological polar surface area (TPSA) is 18.5 Å². The summed E-state index contributed by atoms with van der Waals surface area (Å²) in [4.78, 5) is 5.34. The molecule has 3 nitrogen and oxygen atoms in total. The van der Waals surface area contributed by atoms with Crippen LogP contribution in [0.15, 0.2) is 18.2 Å². The van der Waals surface area contributed by atoms with E-state index in [-0.39, 0.29) is 0 Å². The first kappa shape index (κ1) is 15.0. The van der Waals surface area contributed by atoms with Gasteiger partial charge in [-0.2, -0.15) is 0 Å². The van der Waals surface area contributed by atoms with Crippen LogP contribution in [0.3, 0.4) is 0 Å². The Morgan fingerprint density at radius 3 is 2.48 bits per heavy atom. The fraction of sp³-hybridized carbons (Fsp3) is 0.667. The van der Waals surface area contributed by atoms with Crippen molar-refractivity contribution in [2.45, 2.75) is 39.3 Å². The fourth-order valence-electron chi connectivity index (χ4n) is 3.83. The van der Waals surface area contributed by atoms with Gasteiger partial charge >= 0.3 is 0 Å². The number of benzene rings is 1. The minimum atomic E-state index is 0.570. The van der Waals surface area contributed by atoms with Crippen LogP contribution in [0.2, 0.25) is 0 Å². The highest BCUT2D eigenvalue weighted by molar-refractivity contribution is 5.30. The van der Waals surface area contributed by atoms with E-state index in [4.69, 9.17) is 0 Å². The largest absolute Gasteiger partial charge is 0.312 e. The zero-order chi connectivity index (χ0) is 14.8. The summed E-state index contributed by atoms with van der Waals surface area (Å²) in [5, 5.41) is 3.75. The van der Waals surface area contributed by atoms with Crippen LogP contribution < -0.4 is 5.32 Å². The summed E-state index contributed by atoms with van der Waals surface area (Å²) >= 11 is 0. The molecule has 1 aromatic carbocycles. The van der Waals surface area contributed by atoms with Crippen LogP contribution in [-0.4, -0.2) is 61.2 Å². The molecule has 0 radical (unpaired) electrons. The molecular weight excluding hydrogens is 258 g/mol. The molecule has 1 aromatic rings. The minimum Gasteiger partial charge on any atom is -0.312 e. The van der Waals surface area contributed by atoms with Gasteiger partial charge in [-0.05, 0) is 43.5 Å². The minimum absolute atomic E-state index is 0.570. The summed E-state index contributed by atoms with van der Waals surface area (Å²) < 4.78 is 0. The number of likely N-dealkylation sites (N-methyl/N-ethyl adjacent to an activating group) is 1. The first-order valence-electron chi connectivity index (χ1n) is 8.43. The summed E-state index contributed by atoms with van der Waals surface area (Å²) in [6.45, 7) is 14.0. The Labute approximate surface area is 129 Å². The summed E-state index contributed by atoms with van der Waals surface area (Å²) in [6.07, 6.45) is 1.14. The van der Waals surface area contributed by atoms with Crippen molar-refractivity contribution in [3.63, 3.8) is 0 Å². The van der Waals surface area contributed by atoms with E-state index in [2.05, 4.69) is 54.1 Å². The number of rotatable bonds is 5. The Balaban J connectivity index is 1.73. The lowest BCUT2D eigenvalue weighted by molar-refractivity contribution is -0.00289. The van der Waals surface area contributed by atoms with Crippen LogP contribution >= 0.6 is 0 Å². The lowest BCUT2D eigenvalue weighted by Gasteiger charge is -2.50. The molecule has 0 aromatic heterocycles. The molecule has 0 aliphatic carbocycles. The van der Waals surface area contributed by atoms with Crippen molar-refractivity contribution in [3.05, 3.63) is 34.9 Å². The van der Waals surface area contributed by atoms with Gasteiger partial charge < -0.3 is 5.32 Å². The quantitative estimate of drug-likeness (QED) is 0.891. The van der Waals surface area contributed by atoms with Gasteiger partial charge in [-0.3, -0.25) is 9.80 Å². The van der Waals surface area contributed by atoms with Crippen molar-refractivity contribution >= 4 is 0 Å². The Bertz CT molecular complexity index is 477. The predicted molar refractivity (Wildman–Crippen MR) is 88.9 cm³/mol. The molecule has 2 atom stereocenters. The molecule has 3 heteroatoms. The molecule has 0 saturated carbocycles. The van der Waals surface area contributed by atoms with Gasteiger partial charge in [-0.25, -0.2) is 0 Å². The molecule has 2 bridgehead atoms. The van der Waals surface area contributed by atoms with E-state index in [0.717, 1.165) is 13.0 Å². The van der Waals surface area contributed by atoms with Crippen LogP contribution in [0.5, 0.6) is 0 Å². The first-order chi connectivity index (χ1) is 10.2. The average molecular weight is 287 g/mol. The number of nitrogens with zero attached hydrogens (tertiary/aromatic N) is 2. The second kappa shape index (κ2) is 6.47. The van der Waals surface area contributed by atoms with Gasteiger partial charge in [0.2, 0.25) is 0 Å². The van der Waals surface area contributed by atoms with Crippen molar-refractivity contribution in [1.29, 1.82) is 0 Å². The SMILES string of the molecule is CCNC(Cc1ccc(C)c(C)c1)C1CN2CCN1CC2. The number of hydrogen-bond acceptors (Lipinski definition) is 3. The highest BCUT2D eigenvalue weighted by Gasteiger charge is 2.36. The molecule has 2 unspecified atom stereocenters. The summed E-state index contributed by atoms with van der Waals surface area (Å²) in [7, 11) is 0. The lowest BCUT2D eigenvalue weighted by Crippen LogP contribution is -2.66. The number of nitrogens with one attached hydrogen (secondary N) is 1. The van der Waals surface area contributed by atoms with Crippen molar-refractivity contribution in [2.75, 3.05) is 39.3 Å². The van der Waals surface area contributed by atoms with Gasteiger partial charge in [0, 0.05) is 44.8 Å². The molecule has 3 saturated heterocycles. The summed E-state index contributed by atoms with van der Waals surface area (Å²) in [6, 6.07) is 8.19. The number of piperazine rings is 3. The molecule has 3 aliphatic heterocycles. The third-order valence-electron chi connectivity index (χ3n) is 5.28. The van der Waals surface area contributed by atoms with Crippen LogP contribution in [-0.2, 0) is 6.42 Å². The normalized spacial score (nSPS) is 29.6. The Morgan fingerprint density at radius 1 is 1.14 bits per heavy atom. The Morgan fingerprint density at radius 2 is 1.90 bits per heavy atom. The van der Waals surface area contributed by atoms with Crippen LogP contribution in [0, 0.1) is 13.8 Å². The molecule has 3 heterocycles. The van der Waals surface area contributed by atoms with Gasteiger partial charge in [-0.15, -0.1) is 0 Å². The summed E-state index contributed by atoms with van der Waals surface area (Å²) in [5.41, 5.74) is 4.28. The third-order valence-corrected chi connectivity index (χ3v) is 5.28. The molecule has 3 fully saturated rings. The zero-order valence-corrected chi connectivity index (χ0v) is 13.7. The number of fused-ring (bicyclic) bond motifs is 3. The first-order valence-corrected chi connectivity index (χ1v) is 8.43. The molecule has 3 aliphatic rings. The van der Waals surface area contributed by atoms with E-state index < -0.39 is 0 Å². The number of aryl methyl sites for hydroxylation is 2. The monoisotopic (exact) mass is 287 g/mol. The van der Waals surface area contributed by atoms with E-state index in [1.807, 2.05) is 0 Å². The highest BCUT2D eigenvalue weighted by atomic mass is 15.4. The second-order valence-corrected chi connectivity index (χ2v) is 6.69. The van der Waals surface area contributed by atoms with Gasteiger partial charge in [0.1, 0.15) is 0 Å². The average Bonchev–Trinajstić information content (AvgIpc) is 2.51. The van der Waals surface area contributed by atoms with E-state index in [1.165, 1.54) is 49.4 Å². The van der Waals surface area contributed by atoms with Crippen molar-refractivity contribution in [2.24, 2.45) is 0 Å². The van der Waals surface area contributed by atoms with E-state index in [1.54, 1.807) is 0 Å². The smallest absolute Gasteiger partial charge is 0.0380 e. The molecule has 21 heavy (non-hydrogen) atoms. The third kappa shape index (κ3) is 3.31. The number of hydrogen-bond donors (Lipinski definition) is 1. The maximum atomic E-state index is 3.75. The van der Waals surface area contributed by atoms with Gasteiger partial charge in [0.05, 0.1) is 0 Å². The molecule has 0 spiro atoms. The highest BCUT2D eigenvalue weighted by Crippen LogP contribution is 2.21. The van der Waals surface area contributed by atoms with Crippen LogP contribution in [0.4, 0.5) is 0 Å². The lowest BCUT2D eigenvalue weighted by atomic mass is 9.93. The van der Waals surface area contributed by atoms with E-state index >= 15 is 0 Å². The molecule has 4 rings (SSSR count). The van der Waals surface area contributed by atoms with Crippen LogP contribution in [0.1, 0.15) is 23.6 Å². The maximum Gasteiger partial charge on any atom is 0.0380 e. The zero-order valence-electron chi connectivity index (χ0n) is 13.7. The van der Waals surface area contributed by atoms with Crippen molar-refractivity contribution in [3.8, 4) is 0 Å². The van der Waals surface area contributed by atoms with Gasteiger partial charge in [0.15, 0.2) is 0 Å². The molecule has 0 amide bonds. The molecular formula is C18H29N3. The van der Waals surface area contributed by atoms with Gasteiger partial charge in [-0.1, -0.05) is 25.1 Å². The molecule has 116 valence electrons.